The van der Waals surface area contributed by atoms with Crippen LogP contribution in [0.2, 0.25) is 5.15 Å². The van der Waals surface area contributed by atoms with Gasteiger partial charge in [-0.25, -0.2) is 9.78 Å². The quantitative estimate of drug-likeness (QED) is 0.798. The molecule has 1 atom stereocenters. The fourth-order valence-electron chi connectivity index (χ4n) is 1.63. The fourth-order valence-corrected chi connectivity index (χ4v) is 3.23. The molecule has 1 aromatic heterocycles. The summed E-state index contributed by atoms with van der Waals surface area (Å²) in [5.74, 6) is -0.476. The molecule has 0 radical (unpaired) electrons. The Kier molecular flexibility index (Phi) is 5.01. The highest BCUT2D eigenvalue weighted by molar-refractivity contribution is 9.10. The number of hydrogen-bond acceptors (Lipinski definition) is 5. The molecule has 0 bridgehead atoms. The first-order valence-electron chi connectivity index (χ1n) is 5.78. The Morgan fingerprint density at radius 2 is 2.30 bits per heavy atom. The van der Waals surface area contributed by atoms with Crippen LogP contribution in [0.25, 0.3) is 0 Å². The van der Waals surface area contributed by atoms with E-state index in [1.807, 2.05) is 31.2 Å². The van der Waals surface area contributed by atoms with E-state index in [0.717, 1.165) is 10.0 Å². The second-order valence-electron chi connectivity index (χ2n) is 4.05. The first-order chi connectivity index (χ1) is 9.51. The maximum Gasteiger partial charge on any atom is 0.351 e. The van der Waals surface area contributed by atoms with Gasteiger partial charge in [0, 0.05) is 4.47 Å². The number of ether oxygens (including phenoxy) is 1. The molecule has 0 amide bonds. The molecule has 1 aromatic carbocycles. The lowest BCUT2D eigenvalue weighted by atomic mass is 10.1. The number of carbonyl (C=O) groups is 1. The number of halogens is 2. The van der Waals surface area contributed by atoms with Gasteiger partial charge in [0.15, 0.2) is 15.2 Å². The van der Waals surface area contributed by atoms with Gasteiger partial charge < -0.3 is 10.1 Å². The zero-order chi connectivity index (χ0) is 14.7. The summed E-state index contributed by atoms with van der Waals surface area (Å²) in [6.07, 6.45) is 0. The van der Waals surface area contributed by atoms with Gasteiger partial charge in [0.1, 0.15) is 0 Å². The van der Waals surface area contributed by atoms with E-state index in [-0.39, 0.29) is 11.2 Å². The standard InChI is InChI=1S/C13H12BrClN2O2S/c1-7(8-4-3-5-9(14)6-8)16-13-17-11(15)10(20-13)12(18)19-2/h3-7H,1-2H3,(H,16,17). The largest absolute Gasteiger partial charge is 0.465 e. The van der Waals surface area contributed by atoms with Crippen LogP contribution in [0, 0.1) is 0 Å². The van der Waals surface area contributed by atoms with Crippen LogP contribution in [0.3, 0.4) is 0 Å². The molecule has 0 spiro atoms. The number of nitrogens with zero attached hydrogens (tertiary/aromatic N) is 1. The molecule has 0 fully saturated rings. The third-order valence-corrected chi connectivity index (χ3v) is 4.49. The maximum atomic E-state index is 11.5. The van der Waals surface area contributed by atoms with Crippen LogP contribution in [-0.2, 0) is 4.74 Å². The Morgan fingerprint density at radius 1 is 1.55 bits per heavy atom. The Labute approximate surface area is 134 Å². The molecule has 0 aliphatic heterocycles. The lowest BCUT2D eigenvalue weighted by Gasteiger charge is -2.13. The molecule has 1 heterocycles. The SMILES string of the molecule is COC(=O)c1sc(NC(C)c2cccc(Br)c2)nc1Cl. The van der Waals surface area contributed by atoms with Crippen molar-refractivity contribution in [1.82, 2.24) is 4.98 Å². The van der Waals surface area contributed by atoms with Crippen molar-refractivity contribution >= 4 is 50.0 Å². The van der Waals surface area contributed by atoms with Crippen LogP contribution in [0.5, 0.6) is 0 Å². The molecule has 0 aliphatic rings. The number of carbonyl (C=O) groups excluding carboxylic acids is 1. The molecule has 20 heavy (non-hydrogen) atoms. The molecule has 7 heteroatoms. The maximum absolute atomic E-state index is 11.5. The van der Waals surface area contributed by atoms with Crippen molar-refractivity contribution < 1.29 is 9.53 Å². The Hall–Kier alpha value is -1.11. The molecule has 2 aromatic rings. The summed E-state index contributed by atoms with van der Waals surface area (Å²) in [5, 5.41) is 3.96. The molecule has 106 valence electrons. The van der Waals surface area contributed by atoms with Crippen LogP contribution in [0.1, 0.15) is 28.2 Å². The molecule has 4 nitrogen and oxygen atoms in total. The topological polar surface area (TPSA) is 51.2 Å². The van der Waals surface area contributed by atoms with Crippen molar-refractivity contribution in [1.29, 1.82) is 0 Å². The Balaban J connectivity index is 2.16. The van der Waals surface area contributed by atoms with Gasteiger partial charge in [-0.1, -0.05) is 51.0 Å². The van der Waals surface area contributed by atoms with Crippen LogP contribution in [-0.4, -0.2) is 18.1 Å². The number of nitrogens with one attached hydrogen (secondary N) is 1. The minimum Gasteiger partial charge on any atom is -0.465 e. The van der Waals surface area contributed by atoms with Crippen molar-refractivity contribution in [2.24, 2.45) is 0 Å². The number of aromatic nitrogens is 1. The van der Waals surface area contributed by atoms with Gasteiger partial charge in [0.25, 0.3) is 0 Å². The van der Waals surface area contributed by atoms with Crippen molar-refractivity contribution in [3.63, 3.8) is 0 Å². The average molecular weight is 376 g/mol. The number of rotatable bonds is 4. The minimum absolute atomic E-state index is 0.0419. The van der Waals surface area contributed by atoms with E-state index in [0.29, 0.717) is 10.0 Å². The fraction of sp³-hybridized carbons (Fsp3) is 0.231. The lowest BCUT2D eigenvalue weighted by molar-refractivity contribution is 0.0606. The molecule has 0 aliphatic carbocycles. The van der Waals surface area contributed by atoms with Crippen LogP contribution in [0.15, 0.2) is 28.7 Å². The first kappa shape index (κ1) is 15.3. The van der Waals surface area contributed by atoms with E-state index in [1.54, 1.807) is 0 Å². The monoisotopic (exact) mass is 374 g/mol. The van der Waals surface area contributed by atoms with E-state index in [1.165, 1.54) is 18.4 Å². The van der Waals surface area contributed by atoms with E-state index in [9.17, 15) is 4.79 Å². The van der Waals surface area contributed by atoms with Crippen molar-refractivity contribution in [3.05, 3.63) is 44.3 Å². The summed E-state index contributed by atoms with van der Waals surface area (Å²) in [4.78, 5) is 15.9. The second-order valence-corrected chi connectivity index (χ2v) is 6.32. The molecule has 0 saturated heterocycles. The van der Waals surface area contributed by atoms with Crippen LogP contribution < -0.4 is 5.32 Å². The third kappa shape index (κ3) is 3.50. The van der Waals surface area contributed by atoms with E-state index in [2.05, 4.69) is 31.0 Å². The van der Waals surface area contributed by atoms with E-state index >= 15 is 0 Å². The van der Waals surface area contributed by atoms with E-state index in [4.69, 9.17) is 11.6 Å². The van der Waals surface area contributed by atoms with Crippen molar-refractivity contribution in [2.75, 3.05) is 12.4 Å². The highest BCUT2D eigenvalue weighted by atomic mass is 79.9. The number of anilines is 1. The smallest absolute Gasteiger partial charge is 0.351 e. The summed E-state index contributed by atoms with van der Waals surface area (Å²) in [5.41, 5.74) is 1.10. The van der Waals surface area contributed by atoms with Crippen molar-refractivity contribution in [3.8, 4) is 0 Å². The van der Waals surface area contributed by atoms with Crippen LogP contribution >= 0.6 is 38.9 Å². The number of hydrogen-bond donors (Lipinski definition) is 1. The number of thiazole rings is 1. The lowest BCUT2D eigenvalue weighted by Crippen LogP contribution is -2.06. The molecule has 0 saturated carbocycles. The summed E-state index contributed by atoms with van der Waals surface area (Å²) < 4.78 is 5.66. The molecular weight excluding hydrogens is 364 g/mol. The van der Waals surface area contributed by atoms with Gasteiger partial charge in [-0.3, -0.25) is 0 Å². The Morgan fingerprint density at radius 3 is 2.95 bits per heavy atom. The van der Waals surface area contributed by atoms with E-state index < -0.39 is 5.97 Å². The van der Waals surface area contributed by atoms with Gasteiger partial charge in [0.2, 0.25) is 0 Å². The highest BCUT2D eigenvalue weighted by Gasteiger charge is 2.18. The summed E-state index contributed by atoms with van der Waals surface area (Å²) in [7, 11) is 1.32. The second kappa shape index (κ2) is 6.56. The zero-order valence-electron chi connectivity index (χ0n) is 10.8. The summed E-state index contributed by atoms with van der Waals surface area (Å²) in [6.45, 7) is 2.01. The molecule has 2 rings (SSSR count). The van der Waals surface area contributed by atoms with Gasteiger partial charge in [-0.15, -0.1) is 0 Å². The number of esters is 1. The number of methoxy groups -OCH3 is 1. The van der Waals surface area contributed by atoms with Gasteiger partial charge in [-0.2, -0.15) is 0 Å². The molecule has 1 unspecified atom stereocenters. The van der Waals surface area contributed by atoms with Crippen LogP contribution in [0.4, 0.5) is 5.13 Å². The zero-order valence-corrected chi connectivity index (χ0v) is 14.0. The van der Waals surface area contributed by atoms with Gasteiger partial charge in [-0.05, 0) is 24.6 Å². The first-order valence-corrected chi connectivity index (χ1v) is 7.76. The number of benzene rings is 1. The predicted molar refractivity (Wildman–Crippen MR) is 84.6 cm³/mol. The third-order valence-electron chi connectivity index (χ3n) is 2.65. The normalized spacial score (nSPS) is 12.0. The predicted octanol–water partition coefficient (Wildman–Crippen LogP) is 4.52. The average Bonchev–Trinajstić information content (AvgIpc) is 2.78. The molecule has 1 N–H and O–H groups in total. The minimum atomic E-state index is -0.476. The van der Waals surface area contributed by atoms with Crippen molar-refractivity contribution in [2.45, 2.75) is 13.0 Å². The summed E-state index contributed by atoms with van der Waals surface area (Å²) in [6, 6.07) is 8.01. The summed E-state index contributed by atoms with van der Waals surface area (Å²) >= 11 is 10.5. The molecular formula is C13H12BrClN2O2S. The Bertz CT molecular complexity index is 633. The highest BCUT2D eigenvalue weighted by Crippen LogP contribution is 2.30. The van der Waals surface area contributed by atoms with Gasteiger partial charge in [0.05, 0.1) is 13.2 Å². The van der Waals surface area contributed by atoms with Gasteiger partial charge >= 0.3 is 5.97 Å².